The Morgan fingerprint density at radius 3 is 2.41 bits per heavy atom. The molecule has 172 valence electrons. The van der Waals surface area contributed by atoms with Crippen LogP contribution in [0.15, 0.2) is 53.5 Å². The highest BCUT2D eigenvalue weighted by Crippen LogP contribution is 2.11. The lowest BCUT2D eigenvalue weighted by Crippen LogP contribution is -2.39. The summed E-state index contributed by atoms with van der Waals surface area (Å²) in [6.45, 7) is 3.74. The molecule has 0 bridgehead atoms. The lowest BCUT2D eigenvalue weighted by atomic mass is 10.1. The number of amides is 2. The first-order valence-electron chi connectivity index (χ1n) is 10.6. The molecule has 0 heterocycles. The maximum Gasteiger partial charge on any atom is 0.253 e. The summed E-state index contributed by atoms with van der Waals surface area (Å²) >= 11 is 0. The summed E-state index contributed by atoms with van der Waals surface area (Å²) in [5.74, 6) is 1.18. The third-order valence-electron chi connectivity index (χ3n) is 4.66. The number of nitrogens with one attached hydrogen (secondary N) is 3. The fourth-order valence-electron chi connectivity index (χ4n) is 2.94. The number of ether oxygens (including phenoxy) is 1. The number of aliphatic imine (C=N–C) groups is 1. The van der Waals surface area contributed by atoms with E-state index in [0.717, 1.165) is 23.3 Å². The first-order valence-corrected chi connectivity index (χ1v) is 10.6. The van der Waals surface area contributed by atoms with Crippen LogP contribution in [0.3, 0.4) is 0 Å². The number of methoxy groups -OCH3 is 1. The fourth-order valence-corrected chi connectivity index (χ4v) is 2.94. The molecule has 0 atom stereocenters. The minimum absolute atomic E-state index is 0.0182. The molecule has 0 aliphatic rings. The molecule has 0 fully saturated rings. The zero-order valence-corrected chi connectivity index (χ0v) is 19.3. The predicted octanol–water partition coefficient (Wildman–Crippen LogP) is 1.81. The predicted molar refractivity (Wildman–Crippen MR) is 127 cm³/mol. The molecule has 0 aliphatic heterocycles. The van der Waals surface area contributed by atoms with Gasteiger partial charge in [-0.3, -0.25) is 9.59 Å². The maximum atomic E-state index is 12.2. The Morgan fingerprint density at radius 1 is 1.00 bits per heavy atom. The van der Waals surface area contributed by atoms with Gasteiger partial charge >= 0.3 is 0 Å². The fraction of sp³-hybridized carbons (Fsp3) is 0.375. The van der Waals surface area contributed by atoms with E-state index in [9.17, 15) is 9.59 Å². The highest BCUT2D eigenvalue weighted by molar-refractivity contribution is 5.94. The van der Waals surface area contributed by atoms with Crippen molar-refractivity contribution in [2.24, 2.45) is 4.99 Å². The molecule has 2 amide bonds. The molecule has 0 aromatic heterocycles. The van der Waals surface area contributed by atoms with Crippen LogP contribution in [-0.4, -0.2) is 63.5 Å². The molecular formula is C24H33N5O3. The number of benzene rings is 2. The van der Waals surface area contributed by atoms with Gasteiger partial charge in [0.15, 0.2) is 5.96 Å². The van der Waals surface area contributed by atoms with Crippen LogP contribution in [-0.2, 0) is 17.8 Å². The Morgan fingerprint density at radius 2 is 1.75 bits per heavy atom. The van der Waals surface area contributed by atoms with Gasteiger partial charge in [-0.1, -0.05) is 24.3 Å². The Balaban J connectivity index is 1.82. The third kappa shape index (κ3) is 8.29. The largest absolute Gasteiger partial charge is 0.497 e. The average Bonchev–Trinajstić information content (AvgIpc) is 2.81. The third-order valence-corrected chi connectivity index (χ3v) is 4.66. The van der Waals surface area contributed by atoms with E-state index in [0.29, 0.717) is 31.2 Å². The highest BCUT2D eigenvalue weighted by Gasteiger charge is 2.08. The van der Waals surface area contributed by atoms with Crippen molar-refractivity contribution in [1.29, 1.82) is 0 Å². The first-order chi connectivity index (χ1) is 15.4. The van der Waals surface area contributed by atoms with Crippen LogP contribution in [0.5, 0.6) is 5.75 Å². The van der Waals surface area contributed by atoms with Gasteiger partial charge in [-0.25, -0.2) is 4.99 Å². The van der Waals surface area contributed by atoms with Gasteiger partial charge < -0.3 is 25.6 Å². The topological polar surface area (TPSA) is 95.1 Å². The zero-order valence-electron chi connectivity index (χ0n) is 19.3. The molecule has 0 aliphatic carbocycles. The van der Waals surface area contributed by atoms with E-state index in [-0.39, 0.29) is 18.4 Å². The summed E-state index contributed by atoms with van der Waals surface area (Å²) in [6, 6.07) is 15.1. The standard InChI is InChI=1S/C24H33N5O3/c1-5-25-24(26-14-13-18-7-6-8-20(15-18)23(31)29(2)3)28-17-22(30)27-16-19-9-11-21(32-4)12-10-19/h6-12,15H,5,13-14,16-17H2,1-4H3,(H,27,30)(H2,25,26,28). The minimum atomic E-state index is -0.159. The van der Waals surface area contributed by atoms with Crippen LogP contribution in [0.1, 0.15) is 28.4 Å². The summed E-state index contributed by atoms with van der Waals surface area (Å²) in [7, 11) is 5.10. The molecule has 8 nitrogen and oxygen atoms in total. The second-order valence-electron chi connectivity index (χ2n) is 7.40. The first kappa shape index (κ1) is 24.7. The molecule has 2 aromatic rings. The van der Waals surface area contributed by atoms with Gasteiger partial charge in [0.05, 0.1) is 7.11 Å². The van der Waals surface area contributed by atoms with Crippen molar-refractivity contribution in [3.63, 3.8) is 0 Å². The van der Waals surface area contributed by atoms with E-state index in [4.69, 9.17) is 4.74 Å². The second kappa shape index (κ2) is 13.0. The van der Waals surface area contributed by atoms with Gasteiger partial charge in [-0.15, -0.1) is 0 Å². The highest BCUT2D eigenvalue weighted by atomic mass is 16.5. The minimum Gasteiger partial charge on any atom is -0.497 e. The Bertz CT molecular complexity index is 910. The number of carbonyl (C=O) groups is 2. The molecule has 8 heteroatoms. The smallest absolute Gasteiger partial charge is 0.253 e. The molecule has 3 N–H and O–H groups in total. The lowest BCUT2D eigenvalue weighted by molar-refractivity contribution is -0.119. The number of carbonyl (C=O) groups excluding carboxylic acids is 2. The summed E-state index contributed by atoms with van der Waals surface area (Å²) in [5.41, 5.74) is 2.71. The molecule has 0 saturated heterocycles. The Labute approximate surface area is 190 Å². The van der Waals surface area contributed by atoms with Crippen LogP contribution < -0.4 is 20.7 Å². The van der Waals surface area contributed by atoms with E-state index in [1.807, 2.05) is 55.5 Å². The van der Waals surface area contributed by atoms with Crippen LogP contribution >= 0.6 is 0 Å². The Hall–Kier alpha value is -3.55. The number of rotatable bonds is 10. The molecule has 0 spiro atoms. The molecule has 2 rings (SSSR count). The number of guanidine groups is 1. The Kier molecular flexibility index (Phi) is 10.0. The molecule has 0 saturated carbocycles. The van der Waals surface area contributed by atoms with Crippen molar-refractivity contribution in [3.05, 3.63) is 65.2 Å². The summed E-state index contributed by atoms with van der Waals surface area (Å²) in [4.78, 5) is 30.2. The van der Waals surface area contributed by atoms with Crippen molar-refractivity contribution in [2.45, 2.75) is 19.9 Å². The van der Waals surface area contributed by atoms with E-state index < -0.39 is 0 Å². The summed E-state index contributed by atoms with van der Waals surface area (Å²) < 4.78 is 5.13. The monoisotopic (exact) mass is 439 g/mol. The number of hydrogen-bond donors (Lipinski definition) is 3. The number of nitrogens with zero attached hydrogens (tertiary/aromatic N) is 2. The van der Waals surface area contributed by atoms with E-state index >= 15 is 0 Å². The van der Waals surface area contributed by atoms with Crippen molar-refractivity contribution in [3.8, 4) is 5.75 Å². The quantitative estimate of drug-likeness (QED) is 0.388. The zero-order chi connectivity index (χ0) is 23.3. The van der Waals surface area contributed by atoms with Crippen LogP contribution in [0.25, 0.3) is 0 Å². The van der Waals surface area contributed by atoms with Crippen molar-refractivity contribution in [1.82, 2.24) is 20.9 Å². The summed E-state index contributed by atoms with van der Waals surface area (Å²) in [5, 5.41) is 9.23. The maximum absolute atomic E-state index is 12.2. The molecule has 32 heavy (non-hydrogen) atoms. The van der Waals surface area contributed by atoms with Crippen LogP contribution in [0.2, 0.25) is 0 Å². The second-order valence-corrected chi connectivity index (χ2v) is 7.40. The van der Waals surface area contributed by atoms with Gasteiger partial charge in [-0.05, 0) is 48.7 Å². The van der Waals surface area contributed by atoms with Gasteiger partial charge in [0.1, 0.15) is 12.3 Å². The normalized spacial score (nSPS) is 10.9. The van der Waals surface area contributed by atoms with Crippen molar-refractivity contribution < 1.29 is 14.3 Å². The SMILES string of the molecule is CCNC(=NCC(=O)NCc1ccc(OC)cc1)NCCc1cccc(C(=O)N(C)C)c1. The van der Waals surface area contributed by atoms with Crippen molar-refractivity contribution >= 4 is 17.8 Å². The average molecular weight is 440 g/mol. The van der Waals surface area contributed by atoms with Crippen LogP contribution in [0, 0.1) is 0 Å². The summed E-state index contributed by atoms with van der Waals surface area (Å²) in [6.07, 6.45) is 0.725. The van der Waals surface area contributed by atoms with Gasteiger partial charge in [0, 0.05) is 39.3 Å². The van der Waals surface area contributed by atoms with E-state index in [2.05, 4.69) is 20.9 Å². The molecule has 0 unspecified atom stereocenters. The van der Waals surface area contributed by atoms with Gasteiger partial charge in [-0.2, -0.15) is 0 Å². The van der Waals surface area contributed by atoms with E-state index in [1.165, 1.54) is 0 Å². The van der Waals surface area contributed by atoms with Gasteiger partial charge in [0.25, 0.3) is 5.91 Å². The van der Waals surface area contributed by atoms with Gasteiger partial charge in [0.2, 0.25) is 5.91 Å². The molecule has 0 radical (unpaired) electrons. The molecular weight excluding hydrogens is 406 g/mol. The number of hydrogen-bond acceptors (Lipinski definition) is 4. The molecule has 2 aromatic carbocycles. The van der Waals surface area contributed by atoms with E-state index in [1.54, 1.807) is 26.1 Å². The van der Waals surface area contributed by atoms with Crippen molar-refractivity contribution in [2.75, 3.05) is 40.8 Å². The lowest BCUT2D eigenvalue weighted by Gasteiger charge is -2.13. The van der Waals surface area contributed by atoms with Crippen LogP contribution in [0.4, 0.5) is 0 Å².